The Hall–Kier alpha value is 0.0649. The molecule has 0 nitrogen and oxygen atoms in total. The van der Waals surface area contributed by atoms with Gasteiger partial charge in [-0.1, -0.05) is 64.6 Å². The summed E-state index contributed by atoms with van der Waals surface area (Å²) in [6.45, 7) is 4.56. The van der Waals surface area contributed by atoms with Crippen LogP contribution in [0.2, 0.25) is 5.82 Å². The van der Waals surface area contributed by atoms with Crippen LogP contribution in [0.1, 0.15) is 58.8 Å². The normalized spacial score (nSPS) is 13.3. The Morgan fingerprint density at radius 3 is 2.18 bits per heavy atom. The zero-order valence-corrected chi connectivity index (χ0v) is 8.53. The molecule has 0 heterocycles. The van der Waals surface area contributed by atoms with E-state index in [4.69, 9.17) is 0 Å². The SMILES string of the molecule is BC(CC)CCCCCCC. The van der Waals surface area contributed by atoms with Crippen LogP contribution in [0.5, 0.6) is 0 Å². The maximum Gasteiger partial charge on any atom is 0.105 e. The molecule has 0 radical (unpaired) electrons. The van der Waals surface area contributed by atoms with Crippen LogP contribution in [0.15, 0.2) is 0 Å². The Morgan fingerprint density at radius 2 is 1.64 bits per heavy atom. The van der Waals surface area contributed by atoms with Crippen molar-refractivity contribution in [2.75, 3.05) is 0 Å². The second-order valence-electron chi connectivity index (χ2n) is 3.72. The van der Waals surface area contributed by atoms with Gasteiger partial charge in [0.1, 0.15) is 7.85 Å². The standard InChI is InChI=1S/C10H23B/c1-3-5-6-7-8-9-10(11)4-2/h10H,3-9,11H2,1-2H3. The number of unbranched alkanes of at least 4 members (excludes halogenated alkanes) is 4. The molecule has 0 bridgehead atoms. The molecule has 0 aliphatic heterocycles. The van der Waals surface area contributed by atoms with E-state index in [0.717, 1.165) is 5.82 Å². The fourth-order valence-corrected chi connectivity index (χ4v) is 1.30. The molecule has 0 aliphatic rings. The number of hydrogen-bond acceptors (Lipinski definition) is 0. The largest absolute Gasteiger partial charge is 0.105 e. The molecule has 0 fully saturated rings. The van der Waals surface area contributed by atoms with Gasteiger partial charge in [-0.25, -0.2) is 0 Å². The summed E-state index contributed by atoms with van der Waals surface area (Å²) in [6.07, 6.45) is 9.96. The molecule has 0 aromatic carbocycles. The first-order valence-corrected chi connectivity index (χ1v) is 5.31. The second-order valence-corrected chi connectivity index (χ2v) is 3.72. The van der Waals surface area contributed by atoms with E-state index in [1.54, 1.807) is 0 Å². The average Bonchev–Trinajstić information content (AvgIpc) is 2.04. The topological polar surface area (TPSA) is 0 Å². The highest BCUT2D eigenvalue weighted by Crippen LogP contribution is 2.15. The van der Waals surface area contributed by atoms with Crippen LogP contribution >= 0.6 is 0 Å². The lowest BCUT2D eigenvalue weighted by Gasteiger charge is -2.06. The van der Waals surface area contributed by atoms with Gasteiger partial charge in [0.2, 0.25) is 0 Å². The molecule has 0 N–H and O–H groups in total. The van der Waals surface area contributed by atoms with Crippen molar-refractivity contribution in [3.05, 3.63) is 0 Å². The Morgan fingerprint density at radius 1 is 1.00 bits per heavy atom. The minimum atomic E-state index is 0.955. The van der Waals surface area contributed by atoms with Gasteiger partial charge in [0.25, 0.3) is 0 Å². The summed E-state index contributed by atoms with van der Waals surface area (Å²) in [5.74, 6) is 0.955. The van der Waals surface area contributed by atoms with E-state index in [1.165, 1.54) is 44.9 Å². The van der Waals surface area contributed by atoms with Crippen molar-refractivity contribution in [2.45, 2.75) is 64.6 Å². The van der Waals surface area contributed by atoms with Gasteiger partial charge in [-0.3, -0.25) is 0 Å². The van der Waals surface area contributed by atoms with E-state index >= 15 is 0 Å². The lowest BCUT2D eigenvalue weighted by Crippen LogP contribution is -1.89. The van der Waals surface area contributed by atoms with Crippen LogP contribution in [0.25, 0.3) is 0 Å². The third kappa shape index (κ3) is 7.97. The highest BCUT2D eigenvalue weighted by atomic mass is 14.0. The quantitative estimate of drug-likeness (QED) is 0.390. The highest BCUT2D eigenvalue weighted by Gasteiger charge is 1.97. The Labute approximate surface area is 73.2 Å². The summed E-state index contributed by atoms with van der Waals surface area (Å²) in [5.41, 5.74) is 0. The molecular formula is C10H23B. The zero-order valence-electron chi connectivity index (χ0n) is 8.53. The van der Waals surface area contributed by atoms with Gasteiger partial charge in [0.15, 0.2) is 0 Å². The smallest absolute Gasteiger partial charge is 0.0700 e. The molecule has 1 atom stereocenters. The maximum atomic E-state index is 2.36. The van der Waals surface area contributed by atoms with E-state index in [2.05, 4.69) is 21.7 Å². The van der Waals surface area contributed by atoms with Gasteiger partial charge in [-0.15, -0.1) is 0 Å². The first-order chi connectivity index (χ1) is 5.31. The monoisotopic (exact) mass is 154 g/mol. The molecule has 0 aromatic heterocycles. The van der Waals surface area contributed by atoms with Crippen LogP contribution in [0.4, 0.5) is 0 Å². The number of hydrogen-bond donors (Lipinski definition) is 0. The summed E-state index contributed by atoms with van der Waals surface area (Å²) in [4.78, 5) is 0. The minimum absolute atomic E-state index is 0.955. The molecule has 0 saturated heterocycles. The van der Waals surface area contributed by atoms with Crippen LogP contribution in [-0.4, -0.2) is 7.85 Å². The first-order valence-electron chi connectivity index (χ1n) is 5.31. The molecule has 0 rings (SSSR count). The molecule has 66 valence electrons. The van der Waals surface area contributed by atoms with Crippen molar-refractivity contribution in [3.63, 3.8) is 0 Å². The highest BCUT2D eigenvalue weighted by molar-refractivity contribution is 6.11. The molecule has 0 aliphatic carbocycles. The average molecular weight is 154 g/mol. The van der Waals surface area contributed by atoms with Gasteiger partial charge in [0, 0.05) is 0 Å². The molecular weight excluding hydrogens is 131 g/mol. The molecule has 0 aromatic rings. The summed E-state index contributed by atoms with van der Waals surface area (Å²) in [6, 6.07) is 0. The molecule has 0 saturated carbocycles. The third-order valence-corrected chi connectivity index (χ3v) is 2.50. The first kappa shape index (κ1) is 11.1. The number of rotatable bonds is 7. The van der Waals surface area contributed by atoms with E-state index in [0.29, 0.717) is 0 Å². The van der Waals surface area contributed by atoms with Gasteiger partial charge >= 0.3 is 0 Å². The summed E-state index contributed by atoms with van der Waals surface area (Å²) in [5, 5.41) is 0. The Bertz CT molecular complexity index is 71.3. The Balaban J connectivity index is 2.89. The van der Waals surface area contributed by atoms with E-state index < -0.39 is 0 Å². The minimum Gasteiger partial charge on any atom is -0.0700 e. The van der Waals surface area contributed by atoms with Crippen molar-refractivity contribution in [2.24, 2.45) is 0 Å². The summed E-state index contributed by atoms with van der Waals surface area (Å²) in [7, 11) is 2.36. The van der Waals surface area contributed by atoms with Crippen molar-refractivity contribution >= 4 is 7.85 Å². The fraction of sp³-hybridized carbons (Fsp3) is 1.00. The van der Waals surface area contributed by atoms with E-state index in [-0.39, 0.29) is 0 Å². The van der Waals surface area contributed by atoms with Crippen LogP contribution in [-0.2, 0) is 0 Å². The van der Waals surface area contributed by atoms with Crippen molar-refractivity contribution in [1.29, 1.82) is 0 Å². The molecule has 1 unspecified atom stereocenters. The van der Waals surface area contributed by atoms with Gasteiger partial charge in [0.05, 0.1) is 0 Å². The molecule has 0 amide bonds. The summed E-state index contributed by atoms with van der Waals surface area (Å²) < 4.78 is 0. The zero-order chi connectivity index (χ0) is 8.53. The van der Waals surface area contributed by atoms with Crippen molar-refractivity contribution < 1.29 is 0 Å². The lowest BCUT2D eigenvalue weighted by atomic mass is 9.81. The van der Waals surface area contributed by atoms with Gasteiger partial charge in [-0.2, -0.15) is 0 Å². The maximum absolute atomic E-state index is 2.36. The second kappa shape index (κ2) is 8.16. The van der Waals surface area contributed by atoms with Crippen molar-refractivity contribution in [1.82, 2.24) is 0 Å². The predicted molar refractivity (Wildman–Crippen MR) is 56.0 cm³/mol. The molecule has 0 spiro atoms. The molecule has 11 heavy (non-hydrogen) atoms. The summed E-state index contributed by atoms with van der Waals surface area (Å²) >= 11 is 0. The van der Waals surface area contributed by atoms with Gasteiger partial charge < -0.3 is 0 Å². The van der Waals surface area contributed by atoms with E-state index in [9.17, 15) is 0 Å². The third-order valence-electron chi connectivity index (χ3n) is 2.50. The van der Waals surface area contributed by atoms with Crippen molar-refractivity contribution in [3.8, 4) is 0 Å². The van der Waals surface area contributed by atoms with Crippen LogP contribution in [0.3, 0.4) is 0 Å². The van der Waals surface area contributed by atoms with Crippen LogP contribution in [0, 0.1) is 0 Å². The van der Waals surface area contributed by atoms with Crippen LogP contribution < -0.4 is 0 Å². The fourth-order valence-electron chi connectivity index (χ4n) is 1.30. The lowest BCUT2D eigenvalue weighted by molar-refractivity contribution is 0.585. The van der Waals surface area contributed by atoms with Gasteiger partial charge in [-0.05, 0) is 0 Å². The Kier molecular flexibility index (Phi) is 8.21. The van der Waals surface area contributed by atoms with E-state index in [1.807, 2.05) is 0 Å². The molecule has 1 heteroatoms. The predicted octanol–water partition coefficient (Wildman–Crippen LogP) is 3.18.